The third-order valence-corrected chi connectivity index (χ3v) is 4.10. The van der Waals surface area contributed by atoms with E-state index in [1.165, 1.54) is 0 Å². The number of methoxy groups -OCH3 is 1. The van der Waals surface area contributed by atoms with E-state index < -0.39 is 0 Å². The largest absolute Gasteiger partial charge is 0.497 e. The average molecular weight is 370 g/mol. The van der Waals surface area contributed by atoms with Gasteiger partial charge in [-0.2, -0.15) is 0 Å². The Kier molecular flexibility index (Phi) is 6.70. The molecule has 2 N–H and O–H groups in total. The lowest BCUT2D eigenvalue weighted by molar-refractivity contribution is 0.252. The van der Waals surface area contributed by atoms with E-state index in [1.54, 1.807) is 7.11 Å². The highest BCUT2D eigenvalue weighted by Crippen LogP contribution is 2.12. The SMILES string of the molecule is COc1ccc(CCNC(=O)Nc2cccc(C#Cc3ccccc3)c2)cc1. The zero-order valence-electron chi connectivity index (χ0n) is 15.7. The normalized spacial score (nSPS) is 9.75. The topological polar surface area (TPSA) is 50.4 Å². The van der Waals surface area contributed by atoms with Crippen LogP contribution in [-0.4, -0.2) is 19.7 Å². The second-order valence-corrected chi connectivity index (χ2v) is 6.18. The molecule has 0 aliphatic carbocycles. The number of carbonyl (C=O) groups excluding carboxylic acids is 1. The molecule has 0 radical (unpaired) electrons. The van der Waals surface area contributed by atoms with Gasteiger partial charge in [0.05, 0.1) is 7.11 Å². The lowest BCUT2D eigenvalue weighted by Crippen LogP contribution is -2.30. The first-order valence-corrected chi connectivity index (χ1v) is 9.08. The van der Waals surface area contributed by atoms with Gasteiger partial charge >= 0.3 is 6.03 Å². The van der Waals surface area contributed by atoms with E-state index in [-0.39, 0.29) is 6.03 Å². The molecule has 2 amide bonds. The van der Waals surface area contributed by atoms with Crippen molar-refractivity contribution < 1.29 is 9.53 Å². The predicted octanol–water partition coefficient (Wildman–Crippen LogP) is 4.46. The summed E-state index contributed by atoms with van der Waals surface area (Å²) in [6.45, 7) is 0.547. The van der Waals surface area contributed by atoms with Crippen LogP contribution < -0.4 is 15.4 Å². The Morgan fingerprint density at radius 1 is 0.893 bits per heavy atom. The Morgan fingerprint density at radius 2 is 1.61 bits per heavy atom. The Labute approximate surface area is 165 Å². The monoisotopic (exact) mass is 370 g/mol. The molecule has 0 aromatic heterocycles. The minimum atomic E-state index is -0.235. The standard InChI is InChI=1S/C24H22N2O2/c1-28-23-14-12-20(13-15-23)16-17-25-24(27)26-22-9-5-8-21(18-22)11-10-19-6-3-2-4-7-19/h2-9,12-15,18H,16-17H2,1H3,(H2,25,26,27). The molecular weight excluding hydrogens is 348 g/mol. The van der Waals surface area contributed by atoms with Crippen LogP contribution in [0.3, 0.4) is 0 Å². The molecule has 0 atom stereocenters. The number of benzene rings is 3. The maximum absolute atomic E-state index is 12.1. The van der Waals surface area contributed by atoms with Crippen molar-refractivity contribution in [3.8, 4) is 17.6 Å². The van der Waals surface area contributed by atoms with Crippen molar-refractivity contribution >= 4 is 11.7 Å². The fourth-order valence-corrected chi connectivity index (χ4v) is 2.63. The summed E-state index contributed by atoms with van der Waals surface area (Å²) in [5.74, 6) is 7.06. The highest BCUT2D eigenvalue weighted by molar-refractivity contribution is 5.89. The maximum atomic E-state index is 12.1. The number of amides is 2. The molecule has 0 heterocycles. The van der Waals surface area contributed by atoms with Gasteiger partial charge in [-0.3, -0.25) is 0 Å². The molecule has 140 valence electrons. The van der Waals surface area contributed by atoms with E-state index in [2.05, 4.69) is 22.5 Å². The molecule has 0 saturated carbocycles. The Morgan fingerprint density at radius 3 is 2.36 bits per heavy atom. The van der Waals surface area contributed by atoms with Crippen LogP contribution in [0.15, 0.2) is 78.9 Å². The van der Waals surface area contributed by atoms with Crippen molar-refractivity contribution in [1.82, 2.24) is 5.32 Å². The van der Waals surface area contributed by atoms with Gasteiger partial charge in [-0.1, -0.05) is 48.2 Å². The zero-order valence-corrected chi connectivity index (χ0v) is 15.7. The summed E-state index contributed by atoms with van der Waals surface area (Å²) >= 11 is 0. The van der Waals surface area contributed by atoms with E-state index >= 15 is 0 Å². The van der Waals surface area contributed by atoms with Gasteiger partial charge in [0, 0.05) is 23.4 Å². The number of urea groups is 1. The van der Waals surface area contributed by atoms with Gasteiger partial charge in [0.2, 0.25) is 0 Å². The van der Waals surface area contributed by atoms with Crippen molar-refractivity contribution in [3.05, 3.63) is 95.6 Å². The summed E-state index contributed by atoms with van der Waals surface area (Å²) in [5, 5.41) is 5.72. The summed E-state index contributed by atoms with van der Waals surface area (Å²) in [4.78, 5) is 12.1. The molecular formula is C24H22N2O2. The maximum Gasteiger partial charge on any atom is 0.319 e. The van der Waals surface area contributed by atoms with Crippen LogP contribution in [0.2, 0.25) is 0 Å². The molecule has 4 heteroatoms. The summed E-state index contributed by atoms with van der Waals surface area (Å²) in [7, 11) is 1.64. The van der Waals surface area contributed by atoms with Gasteiger partial charge in [0.15, 0.2) is 0 Å². The third kappa shape index (κ3) is 5.93. The van der Waals surface area contributed by atoms with Gasteiger partial charge in [-0.05, 0) is 54.4 Å². The Bertz CT molecular complexity index is 971. The van der Waals surface area contributed by atoms with Crippen LogP contribution in [0.1, 0.15) is 16.7 Å². The minimum absolute atomic E-state index is 0.235. The molecule has 0 saturated heterocycles. The van der Waals surface area contributed by atoms with Crippen LogP contribution in [0.5, 0.6) is 5.75 Å². The van der Waals surface area contributed by atoms with Crippen LogP contribution >= 0.6 is 0 Å². The van der Waals surface area contributed by atoms with Gasteiger partial charge in [0.25, 0.3) is 0 Å². The number of anilines is 1. The Balaban J connectivity index is 1.50. The van der Waals surface area contributed by atoms with Gasteiger partial charge in [-0.25, -0.2) is 4.79 Å². The number of hydrogen-bond acceptors (Lipinski definition) is 2. The van der Waals surface area contributed by atoms with E-state index in [4.69, 9.17) is 4.74 Å². The fourth-order valence-electron chi connectivity index (χ4n) is 2.63. The molecule has 3 rings (SSSR count). The van der Waals surface area contributed by atoms with Gasteiger partial charge < -0.3 is 15.4 Å². The summed E-state index contributed by atoms with van der Waals surface area (Å²) < 4.78 is 5.14. The zero-order chi connectivity index (χ0) is 19.6. The van der Waals surface area contributed by atoms with Gasteiger partial charge in [-0.15, -0.1) is 0 Å². The first kappa shape index (κ1) is 19.1. The van der Waals surface area contributed by atoms with Crippen LogP contribution in [-0.2, 0) is 6.42 Å². The van der Waals surface area contributed by atoms with Crippen molar-refractivity contribution in [1.29, 1.82) is 0 Å². The molecule has 3 aromatic rings. The van der Waals surface area contributed by atoms with Crippen LogP contribution in [0.4, 0.5) is 10.5 Å². The summed E-state index contributed by atoms with van der Waals surface area (Å²) in [6.07, 6.45) is 0.750. The molecule has 0 aliphatic rings. The lowest BCUT2D eigenvalue weighted by atomic mass is 10.1. The van der Waals surface area contributed by atoms with E-state index in [0.717, 1.165) is 28.9 Å². The Hall–Kier alpha value is -3.71. The highest BCUT2D eigenvalue weighted by atomic mass is 16.5. The summed E-state index contributed by atoms with van der Waals surface area (Å²) in [6, 6.07) is 24.9. The van der Waals surface area contributed by atoms with Crippen molar-refractivity contribution in [2.45, 2.75) is 6.42 Å². The van der Waals surface area contributed by atoms with Gasteiger partial charge in [0.1, 0.15) is 5.75 Å². The lowest BCUT2D eigenvalue weighted by Gasteiger charge is -2.08. The quantitative estimate of drug-likeness (QED) is 0.652. The summed E-state index contributed by atoms with van der Waals surface area (Å²) in [5.41, 5.74) is 3.65. The average Bonchev–Trinajstić information content (AvgIpc) is 2.74. The van der Waals surface area contributed by atoms with E-state index in [0.29, 0.717) is 12.2 Å². The smallest absolute Gasteiger partial charge is 0.319 e. The van der Waals surface area contributed by atoms with Crippen molar-refractivity contribution in [2.24, 2.45) is 0 Å². The fraction of sp³-hybridized carbons (Fsp3) is 0.125. The molecule has 4 nitrogen and oxygen atoms in total. The number of nitrogens with one attached hydrogen (secondary N) is 2. The van der Waals surface area contributed by atoms with Crippen LogP contribution in [0, 0.1) is 11.8 Å². The van der Waals surface area contributed by atoms with Crippen molar-refractivity contribution in [2.75, 3.05) is 19.0 Å². The molecule has 0 fully saturated rings. The third-order valence-electron chi connectivity index (χ3n) is 4.10. The number of carbonyl (C=O) groups is 1. The van der Waals surface area contributed by atoms with Crippen molar-refractivity contribution in [3.63, 3.8) is 0 Å². The van der Waals surface area contributed by atoms with E-state index in [1.807, 2.05) is 78.9 Å². The molecule has 28 heavy (non-hydrogen) atoms. The second-order valence-electron chi connectivity index (χ2n) is 6.18. The molecule has 3 aromatic carbocycles. The van der Waals surface area contributed by atoms with E-state index in [9.17, 15) is 4.79 Å². The number of ether oxygens (including phenoxy) is 1. The molecule has 0 bridgehead atoms. The second kappa shape index (κ2) is 9.84. The first-order chi connectivity index (χ1) is 13.7. The van der Waals surface area contributed by atoms with Crippen LogP contribution in [0.25, 0.3) is 0 Å². The number of hydrogen-bond donors (Lipinski definition) is 2. The first-order valence-electron chi connectivity index (χ1n) is 9.08. The number of rotatable bonds is 5. The highest BCUT2D eigenvalue weighted by Gasteiger charge is 2.02. The molecule has 0 unspecified atom stereocenters. The molecule has 0 spiro atoms. The molecule has 0 aliphatic heterocycles. The minimum Gasteiger partial charge on any atom is -0.497 e. The predicted molar refractivity (Wildman–Crippen MR) is 113 cm³/mol.